The fourth-order valence-corrected chi connectivity index (χ4v) is 3.17. The van der Waals surface area contributed by atoms with Crippen LogP contribution in [0.5, 0.6) is 5.75 Å². The van der Waals surface area contributed by atoms with Gasteiger partial charge in [-0.05, 0) is 24.3 Å². The van der Waals surface area contributed by atoms with Crippen LogP contribution >= 0.6 is 0 Å². The first kappa shape index (κ1) is 17.7. The molecule has 136 valence electrons. The number of carbonyl (C=O) groups excluding carboxylic acids is 2. The zero-order valence-corrected chi connectivity index (χ0v) is 14.6. The summed E-state index contributed by atoms with van der Waals surface area (Å²) in [5.74, 6) is 0.401. The van der Waals surface area contributed by atoms with Crippen molar-refractivity contribution in [2.75, 3.05) is 58.4 Å². The molecule has 3 rings (SSSR count). The third-order valence-corrected chi connectivity index (χ3v) is 4.73. The fraction of sp³-hybridized carbons (Fsp3) is 0.556. The Bertz CT molecular complexity index is 599. The molecule has 0 aliphatic carbocycles. The number of ether oxygens (including phenoxy) is 2. The number of nitrogens with zero attached hydrogens (tertiary/aromatic N) is 2. The molecule has 2 heterocycles. The lowest BCUT2D eigenvalue weighted by atomic mass is 10.1. The van der Waals surface area contributed by atoms with Crippen LogP contribution in [-0.2, 0) is 14.3 Å². The Kier molecular flexibility index (Phi) is 5.88. The van der Waals surface area contributed by atoms with Crippen LogP contribution in [0, 0.1) is 5.92 Å². The number of amides is 2. The molecule has 0 saturated carbocycles. The SMILES string of the molecule is COc1ccc(NC(=O)C2CC(=O)N(CCN3CCOCC3)C2)cc1. The van der Waals surface area contributed by atoms with Gasteiger partial charge in [-0.1, -0.05) is 0 Å². The molecule has 7 heteroatoms. The van der Waals surface area contributed by atoms with Crippen LogP contribution in [0.2, 0.25) is 0 Å². The van der Waals surface area contributed by atoms with Crippen molar-refractivity contribution in [3.05, 3.63) is 24.3 Å². The van der Waals surface area contributed by atoms with Gasteiger partial charge in [0.25, 0.3) is 0 Å². The molecule has 0 spiro atoms. The van der Waals surface area contributed by atoms with Crippen molar-refractivity contribution in [1.29, 1.82) is 0 Å². The maximum absolute atomic E-state index is 12.4. The Morgan fingerprint density at radius 2 is 1.96 bits per heavy atom. The number of likely N-dealkylation sites (tertiary alicyclic amines) is 1. The van der Waals surface area contributed by atoms with E-state index in [1.807, 2.05) is 0 Å². The minimum absolute atomic E-state index is 0.0585. The van der Waals surface area contributed by atoms with E-state index in [4.69, 9.17) is 9.47 Å². The molecule has 2 saturated heterocycles. The molecule has 0 bridgehead atoms. The normalized spacial score (nSPS) is 21.4. The van der Waals surface area contributed by atoms with Crippen LogP contribution in [0.1, 0.15) is 6.42 Å². The third kappa shape index (κ3) is 4.70. The van der Waals surface area contributed by atoms with Gasteiger partial charge in [-0.15, -0.1) is 0 Å². The minimum atomic E-state index is -0.292. The first-order valence-electron chi connectivity index (χ1n) is 8.68. The monoisotopic (exact) mass is 347 g/mol. The van der Waals surface area contributed by atoms with E-state index in [1.54, 1.807) is 36.3 Å². The van der Waals surface area contributed by atoms with E-state index in [0.29, 0.717) is 18.8 Å². The van der Waals surface area contributed by atoms with Gasteiger partial charge >= 0.3 is 0 Å². The van der Waals surface area contributed by atoms with Crippen LogP contribution in [0.25, 0.3) is 0 Å². The second-order valence-electron chi connectivity index (χ2n) is 6.41. The number of methoxy groups -OCH3 is 1. The summed E-state index contributed by atoms with van der Waals surface area (Å²) >= 11 is 0. The van der Waals surface area contributed by atoms with E-state index in [-0.39, 0.29) is 24.2 Å². The lowest BCUT2D eigenvalue weighted by molar-refractivity contribution is -0.128. The Balaban J connectivity index is 1.47. The lowest BCUT2D eigenvalue weighted by Crippen LogP contribution is -2.42. The number of carbonyl (C=O) groups is 2. The molecule has 2 amide bonds. The fourth-order valence-electron chi connectivity index (χ4n) is 3.17. The van der Waals surface area contributed by atoms with Gasteiger partial charge in [0.1, 0.15) is 5.75 Å². The number of benzene rings is 1. The Labute approximate surface area is 147 Å². The van der Waals surface area contributed by atoms with Gasteiger partial charge in [0.2, 0.25) is 11.8 Å². The molecular weight excluding hydrogens is 322 g/mol. The van der Waals surface area contributed by atoms with Crippen molar-refractivity contribution < 1.29 is 19.1 Å². The molecule has 1 unspecified atom stereocenters. The number of morpholine rings is 1. The van der Waals surface area contributed by atoms with Crippen molar-refractivity contribution in [3.63, 3.8) is 0 Å². The van der Waals surface area contributed by atoms with Gasteiger partial charge < -0.3 is 19.7 Å². The predicted octanol–water partition coefficient (Wildman–Crippen LogP) is 0.814. The van der Waals surface area contributed by atoms with Crippen molar-refractivity contribution in [3.8, 4) is 5.75 Å². The zero-order valence-electron chi connectivity index (χ0n) is 14.6. The van der Waals surface area contributed by atoms with Crippen molar-refractivity contribution >= 4 is 17.5 Å². The van der Waals surface area contributed by atoms with Crippen molar-refractivity contribution in [2.24, 2.45) is 5.92 Å². The highest BCUT2D eigenvalue weighted by atomic mass is 16.5. The summed E-state index contributed by atoms with van der Waals surface area (Å²) in [7, 11) is 1.60. The molecule has 2 aliphatic heterocycles. The number of anilines is 1. The van der Waals surface area contributed by atoms with Gasteiger partial charge in [0.15, 0.2) is 0 Å². The van der Waals surface area contributed by atoms with Crippen LogP contribution in [-0.4, -0.2) is 74.7 Å². The van der Waals surface area contributed by atoms with E-state index in [1.165, 1.54) is 0 Å². The third-order valence-electron chi connectivity index (χ3n) is 4.73. The molecule has 1 atom stereocenters. The van der Waals surface area contributed by atoms with Crippen LogP contribution < -0.4 is 10.1 Å². The lowest BCUT2D eigenvalue weighted by Gasteiger charge is -2.28. The van der Waals surface area contributed by atoms with Crippen molar-refractivity contribution in [1.82, 2.24) is 9.80 Å². The highest BCUT2D eigenvalue weighted by Gasteiger charge is 2.34. The standard InChI is InChI=1S/C18H25N3O4/c1-24-16-4-2-15(3-5-16)19-18(23)14-12-17(22)21(13-14)7-6-20-8-10-25-11-9-20/h2-5,14H,6-13H2,1H3,(H,19,23). The topological polar surface area (TPSA) is 71.1 Å². The van der Waals surface area contributed by atoms with Crippen LogP contribution in [0.4, 0.5) is 5.69 Å². The minimum Gasteiger partial charge on any atom is -0.497 e. The van der Waals surface area contributed by atoms with E-state index in [0.717, 1.165) is 38.6 Å². The zero-order chi connectivity index (χ0) is 17.6. The number of hydrogen-bond acceptors (Lipinski definition) is 5. The largest absolute Gasteiger partial charge is 0.497 e. The van der Waals surface area contributed by atoms with Crippen molar-refractivity contribution in [2.45, 2.75) is 6.42 Å². The molecular formula is C18H25N3O4. The smallest absolute Gasteiger partial charge is 0.229 e. The summed E-state index contributed by atoms with van der Waals surface area (Å²) in [6.45, 7) is 5.31. The first-order valence-corrected chi connectivity index (χ1v) is 8.68. The number of rotatable bonds is 6. The molecule has 0 radical (unpaired) electrons. The summed E-state index contributed by atoms with van der Waals surface area (Å²) in [5, 5.41) is 2.88. The van der Waals surface area contributed by atoms with E-state index in [2.05, 4.69) is 10.2 Å². The van der Waals surface area contributed by atoms with Crippen LogP contribution in [0.3, 0.4) is 0 Å². The van der Waals surface area contributed by atoms with E-state index < -0.39 is 0 Å². The summed E-state index contributed by atoms with van der Waals surface area (Å²) in [6, 6.07) is 7.18. The molecule has 2 aliphatic rings. The quantitative estimate of drug-likeness (QED) is 0.825. The molecule has 0 aromatic heterocycles. The summed E-state index contributed by atoms with van der Waals surface area (Å²) in [4.78, 5) is 28.7. The highest BCUT2D eigenvalue weighted by molar-refractivity contribution is 5.97. The Morgan fingerprint density at radius 1 is 1.24 bits per heavy atom. The van der Waals surface area contributed by atoms with E-state index >= 15 is 0 Å². The highest BCUT2D eigenvalue weighted by Crippen LogP contribution is 2.21. The van der Waals surface area contributed by atoms with E-state index in [9.17, 15) is 9.59 Å². The molecule has 2 fully saturated rings. The molecule has 7 nitrogen and oxygen atoms in total. The molecule has 1 aromatic carbocycles. The molecule has 25 heavy (non-hydrogen) atoms. The van der Waals surface area contributed by atoms with Gasteiger partial charge in [-0.25, -0.2) is 0 Å². The molecule has 1 aromatic rings. The Hall–Kier alpha value is -2.12. The second kappa shape index (κ2) is 8.31. The maximum atomic E-state index is 12.4. The van der Waals surface area contributed by atoms with Gasteiger partial charge in [-0.2, -0.15) is 0 Å². The molecule has 1 N–H and O–H groups in total. The number of nitrogens with one attached hydrogen (secondary N) is 1. The first-order chi connectivity index (χ1) is 12.2. The van der Waals surface area contributed by atoms with Gasteiger partial charge in [0.05, 0.1) is 26.2 Å². The maximum Gasteiger partial charge on any atom is 0.229 e. The summed E-state index contributed by atoms with van der Waals surface area (Å²) in [5.41, 5.74) is 0.713. The van der Waals surface area contributed by atoms with Gasteiger partial charge in [-0.3, -0.25) is 14.5 Å². The predicted molar refractivity (Wildman–Crippen MR) is 93.6 cm³/mol. The summed E-state index contributed by atoms with van der Waals surface area (Å²) in [6.07, 6.45) is 0.283. The summed E-state index contributed by atoms with van der Waals surface area (Å²) < 4.78 is 10.4. The average Bonchev–Trinajstić information content (AvgIpc) is 3.02. The van der Waals surface area contributed by atoms with Crippen LogP contribution in [0.15, 0.2) is 24.3 Å². The second-order valence-corrected chi connectivity index (χ2v) is 6.41. The Morgan fingerprint density at radius 3 is 2.64 bits per heavy atom. The number of hydrogen-bond donors (Lipinski definition) is 1. The van der Waals surface area contributed by atoms with Gasteiger partial charge in [0, 0.05) is 44.8 Å². The average molecular weight is 347 g/mol.